The Labute approximate surface area is 196 Å². The number of methoxy groups -OCH3 is 1. The van der Waals surface area contributed by atoms with Gasteiger partial charge in [0, 0.05) is 60.9 Å². The van der Waals surface area contributed by atoms with E-state index in [0.717, 1.165) is 55.9 Å². The van der Waals surface area contributed by atoms with E-state index in [1.165, 1.54) is 5.69 Å². The number of carbonyl (C=O) groups excluding carboxylic acids is 2. The third kappa shape index (κ3) is 3.78. The van der Waals surface area contributed by atoms with Crippen molar-refractivity contribution >= 4 is 17.4 Å². The summed E-state index contributed by atoms with van der Waals surface area (Å²) in [5, 5.41) is 0. The van der Waals surface area contributed by atoms with Crippen LogP contribution in [-0.2, 0) is 14.3 Å². The number of allylic oxidation sites excluding steroid dienone is 3. The first-order valence-corrected chi connectivity index (χ1v) is 12.1. The van der Waals surface area contributed by atoms with Crippen molar-refractivity contribution in [1.82, 2.24) is 4.90 Å². The van der Waals surface area contributed by atoms with Crippen LogP contribution < -0.4 is 9.64 Å². The number of ether oxygens (including phenoxy) is 2. The largest absolute Gasteiger partial charge is 0.497 e. The van der Waals surface area contributed by atoms with Crippen molar-refractivity contribution in [3.8, 4) is 5.75 Å². The lowest BCUT2D eigenvalue weighted by atomic mass is 9.61. The average molecular weight is 451 g/mol. The van der Waals surface area contributed by atoms with E-state index < -0.39 is 0 Å². The smallest absolute Gasteiger partial charge is 0.311 e. The second kappa shape index (κ2) is 8.32. The van der Waals surface area contributed by atoms with Gasteiger partial charge in [-0.3, -0.25) is 14.5 Å². The summed E-state index contributed by atoms with van der Waals surface area (Å²) < 4.78 is 11.4. The van der Waals surface area contributed by atoms with Crippen LogP contribution in [-0.4, -0.2) is 62.1 Å². The highest BCUT2D eigenvalue weighted by Crippen LogP contribution is 2.53. The van der Waals surface area contributed by atoms with Crippen LogP contribution in [0.1, 0.15) is 33.6 Å². The molecule has 0 aromatic heterocycles. The highest BCUT2D eigenvalue weighted by molar-refractivity contribution is 6.05. The SMILES string of the molecule is COc1cccc(N2CCN(C[C@@H]3C(=O)O[C@@H]4C5=C(C)C(=O)C=C[C@@]5(C)CC[C@H]34)C[C@@H]2C)c1. The summed E-state index contributed by atoms with van der Waals surface area (Å²) in [5.41, 5.74) is 2.80. The molecule has 2 aliphatic heterocycles. The fourth-order valence-corrected chi connectivity index (χ4v) is 6.43. The molecule has 6 heteroatoms. The number of anilines is 1. The highest BCUT2D eigenvalue weighted by atomic mass is 16.6. The molecule has 2 saturated heterocycles. The van der Waals surface area contributed by atoms with E-state index in [0.29, 0.717) is 6.04 Å². The molecular weight excluding hydrogens is 416 g/mol. The number of esters is 1. The van der Waals surface area contributed by atoms with E-state index in [1.54, 1.807) is 13.2 Å². The number of ketones is 1. The van der Waals surface area contributed by atoms with Gasteiger partial charge in [-0.1, -0.05) is 19.1 Å². The van der Waals surface area contributed by atoms with E-state index in [-0.39, 0.29) is 35.1 Å². The third-order valence-corrected chi connectivity index (χ3v) is 8.28. The van der Waals surface area contributed by atoms with E-state index in [9.17, 15) is 9.59 Å². The van der Waals surface area contributed by atoms with Crippen LogP contribution in [0.15, 0.2) is 47.6 Å². The zero-order valence-electron chi connectivity index (χ0n) is 20.0. The third-order valence-electron chi connectivity index (χ3n) is 8.28. The minimum atomic E-state index is -0.259. The Morgan fingerprint density at radius 3 is 2.82 bits per heavy atom. The van der Waals surface area contributed by atoms with Crippen LogP contribution in [0.4, 0.5) is 5.69 Å². The monoisotopic (exact) mass is 450 g/mol. The molecule has 2 aliphatic carbocycles. The quantitative estimate of drug-likeness (QED) is 0.653. The van der Waals surface area contributed by atoms with Crippen molar-refractivity contribution in [2.24, 2.45) is 17.3 Å². The van der Waals surface area contributed by atoms with Crippen molar-refractivity contribution in [3.63, 3.8) is 0 Å². The summed E-state index contributed by atoms with van der Waals surface area (Å²) in [4.78, 5) is 30.2. The molecule has 1 aromatic rings. The number of benzene rings is 1. The van der Waals surface area contributed by atoms with Crippen LogP contribution in [0, 0.1) is 17.3 Å². The van der Waals surface area contributed by atoms with E-state index in [1.807, 2.05) is 25.1 Å². The van der Waals surface area contributed by atoms with Crippen molar-refractivity contribution in [1.29, 1.82) is 0 Å². The van der Waals surface area contributed by atoms with Gasteiger partial charge in [0.05, 0.1) is 13.0 Å². The fraction of sp³-hybridized carbons (Fsp3) is 0.556. The number of fused-ring (bicyclic) bond motifs is 3. The van der Waals surface area contributed by atoms with Crippen molar-refractivity contribution in [2.45, 2.75) is 45.8 Å². The van der Waals surface area contributed by atoms with Crippen LogP contribution >= 0.6 is 0 Å². The Hall–Kier alpha value is -2.60. The predicted molar refractivity (Wildman–Crippen MR) is 127 cm³/mol. The molecule has 3 fully saturated rings. The molecule has 176 valence electrons. The number of carbonyl (C=O) groups is 2. The van der Waals surface area contributed by atoms with Crippen molar-refractivity contribution in [2.75, 3.05) is 38.2 Å². The van der Waals surface area contributed by atoms with Crippen molar-refractivity contribution < 1.29 is 19.1 Å². The summed E-state index contributed by atoms with van der Waals surface area (Å²) in [7, 11) is 1.69. The molecule has 0 unspecified atom stereocenters. The van der Waals surface area contributed by atoms with Crippen LogP contribution in [0.2, 0.25) is 0 Å². The van der Waals surface area contributed by atoms with Crippen LogP contribution in [0.3, 0.4) is 0 Å². The Morgan fingerprint density at radius 1 is 1.24 bits per heavy atom. The Balaban J connectivity index is 1.29. The lowest BCUT2D eigenvalue weighted by Gasteiger charge is -2.44. The molecule has 5 rings (SSSR count). The minimum absolute atomic E-state index is 0.0464. The number of hydrogen-bond donors (Lipinski definition) is 0. The maximum atomic E-state index is 13.0. The standard InChI is InChI=1S/C27H34N2O4/c1-17-15-28(12-13-29(17)19-6-5-7-20(14-19)32-4)16-22-21-8-10-27(3)11-9-23(30)18(2)24(27)25(21)33-26(22)31/h5-7,9,11,14,17,21-22,25H,8,10,12-13,15-16H2,1-4H3/t17-,21+,22-,25-,27+/m0/s1. The summed E-state index contributed by atoms with van der Waals surface area (Å²) >= 11 is 0. The van der Waals surface area contributed by atoms with Gasteiger partial charge >= 0.3 is 5.97 Å². The van der Waals surface area contributed by atoms with Gasteiger partial charge in [-0.15, -0.1) is 0 Å². The lowest BCUT2D eigenvalue weighted by molar-refractivity contribution is -0.144. The molecule has 4 aliphatic rings. The second-order valence-corrected chi connectivity index (χ2v) is 10.3. The summed E-state index contributed by atoms with van der Waals surface area (Å²) in [6, 6.07) is 8.54. The van der Waals surface area contributed by atoms with E-state index in [2.05, 4.69) is 35.8 Å². The first-order chi connectivity index (χ1) is 15.8. The fourth-order valence-electron chi connectivity index (χ4n) is 6.43. The normalized spacial score (nSPS) is 34.2. The molecule has 0 N–H and O–H groups in total. The average Bonchev–Trinajstić information content (AvgIpc) is 3.11. The molecule has 1 saturated carbocycles. The van der Waals surface area contributed by atoms with Gasteiger partial charge < -0.3 is 14.4 Å². The summed E-state index contributed by atoms with van der Waals surface area (Å²) in [6.45, 7) is 9.74. The molecule has 0 amide bonds. The molecule has 0 bridgehead atoms. The number of nitrogens with zero attached hydrogens (tertiary/aromatic N) is 2. The van der Waals surface area contributed by atoms with E-state index >= 15 is 0 Å². The van der Waals surface area contributed by atoms with Gasteiger partial charge in [-0.25, -0.2) is 0 Å². The maximum absolute atomic E-state index is 13.0. The topological polar surface area (TPSA) is 59.1 Å². The van der Waals surface area contributed by atoms with Gasteiger partial charge in [0.15, 0.2) is 5.78 Å². The number of piperazine rings is 1. The zero-order valence-corrected chi connectivity index (χ0v) is 20.0. The minimum Gasteiger partial charge on any atom is -0.497 e. The second-order valence-electron chi connectivity index (χ2n) is 10.3. The summed E-state index contributed by atoms with van der Waals surface area (Å²) in [6.07, 6.45) is 5.36. The van der Waals surface area contributed by atoms with Crippen molar-refractivity contribution in [3.05, 3.63) is 47.6 Å². The molecule has 0 radical (unpaired) electrons. The zero-order chi connectivity index (χ0) is 23.3. The first-order valence-electron chi connectivity index (χ1n) is 12.1. The van der Waals surface area contributed by atoms with Gasteiger partial charge in [0.25, 0.3) is 0 Å². The Morgan fingerprint density at radius 2 is 2.06 bits per heavy atom. The van der Waals surface area contributed by atoms with Gasteiger partial charge in [-0.05, 0) is 50.5 Å². The summed E-state index contributed by atoms with van der Waals surface area (Å²) in [5.74, 6) is 0.842. The molecule has 2 heterocycles. The predicted octanol–water partition coefficient (Wildman–Crippen LogP) is 3.62. The maximum Gasteiger partial charge on any atom is 0.311 e. The van der Waals surface area contributed by atoms with Gasteiger partial charge in [-0.2, -0.15) is 0 Å². The van der Waals surface area contributed by atoms with Gasteiger partial charge in [0.1, 0.15) is 11.9 Å². The number of hydrogen-bond acceptors (Lipinski definition) is 6. The first kappa shape index (κ1) is 22.2. The van der Waals surface area contributed by atoms with E-state index in [4.69, 9.17) is 9.47 Å². The molecule has 6 nitrogen and oxygen atoms in total. The van der Waals surface area contributed by atoms with Gasteiger partial charge in [0.2, 0.25) is 0 Å². The van der Waals surface area contributed by atoms with Crippen LogP contribution in [0.5, 0.6) is 5.75 Å². The number of rotatable bonds is 4. The molecule has 0 spiro atoms. The molecule has 5 atom stereocenters. The molecule has 1 aromatic carbocycles. The lowest BCUT2D eigenvalue weighted by Crippen LogP contribution is -2.53. The highest BCUT2D eigenvalue weighted by Gasteiger charge is 2.54. The van der Waals surface area contributed by atoms with Crippen LogP contribution in [0.25, 0.3) is 0 Å². The molecular formula is C27H34N2O4. The Bertz CT molecular complexity index is 1030. The Kier molecular flexibility index (Phi) is 5.60. The molecule has 33 heavy (non-hydrogen) atoms.